The van der Waals surface area contributed by atoms with E-state index in [9.17, 15) is 0 Å². The first-order chi connectivity index (χ1) is 8.70. The molecule has 0 aliphatic carbocycles. The predicted octanol–water partition coefficient (Wildman–Crippen LogP) is 3.15. The summed E-state index contributed by atoms with van der Waals surface area (Å²) < 4.78 is 0. The van der Waals surface area contributed by atoms with Crippen LogP contribution in [0.5, 0.6) is 0 Å². The zero-order valence-electron chi connectivity index (χ0n) is 12.4. The fraction of sp³-hybridized carbons (Fsp3) is 0.875. The molecule has 0 aromatic carbocycles. The van der Waals surface area contributed by atoms with Crippen LogP contribution in [-0.2, 0) is 0 Å². The molecule has 2 heteroatoms. The van der Waals surface area contributed by atoms with Crippen LogP contribution < -0.4 is 0 Å². The van der Waals surface area contributed by atoms with E-state index in [2.05, 4.69) is 42.7 Å². The molecule has 18 heavy (non-hydrogen) atoms. The van der Waals surface area contributed by atoms with Crippen LogP contribution in [0, 0.1) is 5.92 Å². The molecule has 2 aliphatic rings. The molecule has 2 bridgehead atoms. The van der Waals surface area contributed by atoms with Crippen molar-refractivity contribution in [3.8, 4) is 0 Å². The van der Waals surface area contributed by atoms with Gasteiger partial charge in [-0.15, -0.1) is 0 Å². The van der Waals surface area contributed by atoms with E-state index in [4.69, 9.17) is 0 Å². The van der Waals surface area contributed by atoms with Crippen LogP contribution in [-0.4, -0.2) is 48.1 Å². The molecular weight excluding hydrogens is 220 g/mol. The zero-order chi connectivity index (χ0) is 13.0. The number of likely N-dealkylation sites (tertiary alicyclic amines) is 1. The second-order valence-electron chi connectivity index (χ2n) is 6.45. The van der Waals surface area contributed by atoms with Gasteiger partial charge in [0.05, 0.1) is 0 Å². The van der Waals surface area contributed by atoms with Crippen LogP contribution in [0.25, 0.3) is 0 Å². The molecule has 0 aromatic rings. The number of rotatable bonds is 6. The molecule has 0 saturated carbocycles. The van der Waals surface area contributed by atoms with Crippen LogP contribution >= 0.6 is 0 Å². The van der Waals surface area contributed by atoms with Gasteiger partial charge in [0.2, 0.25) is 0 Å². The van der Waals surface area contributed by atoms with Gasteiger partial charge in [0.15, 0.2) is 0 Å². The average Bonchev–Trinajstić information content (AvgIpc) is 2.58. The van der Waals surface area contributed by atoms with Crippen molar-refractivity contribution < 1.29 is 0 Å². The van der Waals surface area contributed by atoms with E-state index in [0.717, 1.165) is 18.0 Å². The standard InChI is InChI=1S/C16H30N2/c1-4-5-6-7-10-17-12-15-8-9-16(13-17)18(15)11-14(2)3/h4-5,14-16H,6-13H2,1-3H3/b5-4+/t15-,16+. The summed E-state index contributed by atoms with van der Waals surface area (Å²) >= 11 is 0. The lowest BCUT2D eigenvalue weighted by molar-refractivity contribution is 0.0577. The van der Waals surface area contributed by atoms with E-state index in [1.807, 2.05) is 0 Å². The second kappa shape index (κ2) is 6.72. The van der Waals surface area contributed by atoms with E-state index in [-0.39, 0.29) is 0 Å². The van der Waals surface area contributed by atoms with Crippen LogP contribution in [0.3, 0.4) is 0 Å². The number of allylic oxidation sites excluding steroid dienone is 2. The van der Waals surface area contributed by atoms with E-state index in [1.165, 1.54) is 51.9 Å². The van der Waals surface area contributed by atoms with Gasteiger partial charge in [-0.05, 0) is 45.1 Å². The third-order valence-electron chi connectivity index (χ3n) is 4.37. The quantitative estimate of drug-likeness (QED) is 0.528. The van der Waals surface area contributed by atoms with E-state index < -0.39 is 0 Å². The Morgan fingerprint density at radius 1 is 1.17 bits per heavy atom. The van der Waals surface area contributed by atoms with Gasteiger partial charge in [-0.3, -0.25) is 4.90 Å². The van der Waals surface area contributed by atoms with Gasteiger partial charge in [0, 0.05) is 31.7 Å². The molecule has 2 fully saturated rings. The Kier molecular flexibility index (Phi) is 5.25. The molecular formula is C16H30N2. The fourth-order valence-corrected chi connectivity index (χ4v) is 3.58. The molecule has 2 nitrogen and oxygen atoms in total. The Bertz CT molecular complexity index is 258. The SMILES string of the molecule is C/C=C/CCCN1C[C@H]2CC[C@@H](C1)N2CC(C)C. The summed E-state index contributed by atoms with van der Waals surface area (Å²) in [6.07, 6.45) is 9.91. The first-order valence-corrected chi connectivity index (χ1v) is 7.80. The number of unbranched alkanes of at least 4 members (excludes halogenated alkanes) is 1. The largest absolute Gasteiger partial charge is 0.300 e. The highest BCUT2D eigenvalue weighted by Crippen LogP contribution is 2.30. The van der Waals surface area contributed by atoms with Crippen molar-refractivity contribution in [3.05, 3.63) is 12.2 Å². The summed E-state index contributed by atoms with van der Waals surface area (Å²) in [5, 5.41) is 0. The van der Waals surface area contributed by atoms with Gasteiger partial charge in [0.1, 0.15) is 0 Å². The summed E-state index contributed by atoms with van der Waals surface area (Å²) in [6, 6.07) is 1.71. The Balaban J connectivity index is 1.77. The summed E-state index contributed by atoms with van der Waals surface area (Å²) in [7, 11) is 0. The van der Waals surface area contributed by atoms with E-state index >= 15 is 0 Å². The molecule has 0 radical (unpaired) electrons. The molecule has 0 N–H and O–H groups in total. The summed E-state index contributed by atoms with van der Waals surface area (Å²) in [5.74, 6) is 0.814. The van der Waals surface area contributed by atoms with Gasteiger partial charge >= 0.3 is 0 Å². The first-order valence-electron chi connectivity index (χ1n) is 7.80. The molecule has 0 amide bonds. The smallest absolute Gasteiger partial charge is 0.0227 e. The van der Waals surface area contributed by atoms with Crippen LogP contribution in [0.1, 0.15) is 46.5 Å². The lowest BCUT2D eigenvalue weighted by Gasteiger charge is -2.41. The molecule has 104 valence electrons. The molecule has 0 unspecified atom stereocenters. The number of nitrogens with zero attached hydrogens (tertiary/aromatic N) is 2. The van der Waals surface area contributed by atoms with Crippen LogP contribution in [0.2, 0.25) is 0 Å². The van der Waals surface area contributed by atoms with Crippen molar-refractivity contribution >= 4 is 0 Å². The maximum atomic E-state index is 2.80. The van der Waals surface area contributed by atoms with Gasteiger partial charge in [-0.1, -0.05) is 26.0 Å². The monoisotopic (exact) mass is 250 g/mol. The number of piperazine rings is 1. The first kappa shape index (κ1) is 14.1. The van der Waals surface area contributed by atoms with Crippen LogP contribution in [0.4, 0.5) is 0 Å². The van der Waals surface area contributed by atoms with Gasteiger partial charge in [0.25, 0.3) is 0 Å². The highest BCUT2D eigenvalue weighted by molar-refractivity contribution is 4.96. The molecule has 0 aromatic heterocycles. The van der Waals surface area contributed by atoms with Crippen LogP contribution in [0.15, 0.2) is 12.2 Å². The van der Waals surface area contributed by atoms with Crippen molar-refractivity contribution in [3.63, 3.8) is 0 Å². The lowest BCUT2D eigenvalue weighted by atomic mass is 10.1. The van der Waals surface area contributed by atoms with Gasteiger partial charge < -0.3 is 4.90 Å². The van der Waals surface area contributed by atoms with Crippen molar-refractivity contribution in [2.24, 2.45) is 5.92 Å². The maximum absolute atomic E-state index is 2.80. The molecule has 2 heterocycles. The van der Waals surface area contributed by atoms with Crippen molar-refractivity contribution in [2.45, 2.75) is 58.5 Å². The third kappa shape index (κ3) is 3.58. The topological polar surface area (TPSA) is 6.48 Å². The molecule has 0 spiro atoms. The highest BCUT2D eigenvalue weighted by Gasteiger charge is 2.39. The van der Waals surface area contributed by atoms with Crippen molar-refractivity contribution in [1.82, 2.24) is 9.80 Å². The Morgan fingerprint density at radius 3 is 2.39 bits per heavy atom. The van der Waals surface area contributed by atoms with Gasteiger partial charge in [-0.2, -0.15) is 0 Å². The number of hydrogen-bond donors (Lipinski definition) is 0. The number of hydrogen-bond acceptors (Lipinski definition) is 2. The molecule has 2 atom stereocenters. The van der Waals surface area contributed by atoms with E-state index in [0.29, 0.717) is 0 Å². The minimum absolute atomic E-state index is 0.814. The summed E-state index contributed by atoms with van der Waals surface area (Å²) in [4.78, 5) is 5.51. The maximum Gasteiger partial charge on any atom is 0.0227 e. The van der Waals surface area contributed by atoms with Crippen molar-refractivity contribution in [1.29, 1.82) is 0 Å². The zero-order valence-corrected chi connectivity index (χ0v) is 12.4. The lowest BCUT2D eigenvalue weighted by Crippen LogP contribution is -2.54. The Morgan fingerprint density at radius 2 is 1.83 bits per heavy atom. The highest BCUT2D eigenvalue weighted by atomic mass is 15.3. The van der Waals surface area contributed by atoms with Gasteiger partial charge in [-0.25, -0.2) is 0 Å². The van der Waals surface area contributed by atoms with Crippen molar-refractivity contribution in [2.75, 3.05) is 26.2 Å². The summed E-state index contributed by atoms with van der Waals surface area (Å²) in [6.45, 7) is 12.1. The number of fused-ring (bicyclic) bond motifs is 2. The molecule has 2 saturated heterocycles. The third-order valence-corrected chi connectivity index (χ3v) is 4.37. The molecule has 2 aliphatic heterocycles. The normalized spacial score (nSPS) is 29.8. The minimum atomic E-state index is 0.814. The second-order valence-corrected chi connectivity index (χ2v) is 6.45. The Labute approximate surface area is 113 Å². The average molecular weight is 250 g/mol. The van der Waals surface area contributed by atoms with E-state index in [1.54, 1.807) is 0 Å². The Hall–Kier alpha value is -0.340. The molecule has 2 rings (SSSR count). The summed E-state index contributed by atoms with van der Waals surface area (Å²) in [5.41, 5.74) is 0. The predicted molar refractivity (Wildman–Crippen MR) is 78.8 cm³/mol. The minimum Gasteiger partial charge on any atom is -0.300 e. The fourth-order valence-electron chi connectivity index (χ4n) is 3.58.